The van der Waals surface area contributed by atoms with Crippen LogP contribution in [-0.4, -0.2) is 54.6 Å². The van der Waals surface area contributed by atoms with Crippen molar-refractivity contribution in [3.8, 4) is 0 Å². The maximum Gasteiger partial charge on any atom is 0.416 e. The van der Waals surface area contributed by atoms with Gasteiger partial charge in [0.25, 0.3) is 11.8 Å². The standard InChI is InChI=1S/C25H24F3N7O2S/c1-14-11-20-31-32-21(15(2)35(20)33-14)24(37)34-9-7-16(8-10-34)23-30-19(13-38-23)22(36)29-12-17-5-3-4-6-18(17)25(26,27)28/h3-6,11,13,16H,7-10,12H2,1-2H3,(H,29,36). The number of hydrogen-bond acceptors (Lipinski definition) is 7. The summed E-state index contributed by atoms with van der Waals surface area (Å²) in [5, 5.41) is 17.5. The second-order valence-corrected chi connectivity index (χ2v) is 10.1. The molecule has 198 valence electrons. The van der Waals surface area contributed by atoms with E-state index in [2.05, 4.69) is 25.6 Å². The molecule has 0 unspecified atom stereocenters. The number of halogens is 3. The summed E-state index contributed by atoms with van der Waals surface area (Å²) in [6.45, 7) is 4.37. The summed E-state index contributed by atoms with van der Waals surface area (Å²) in [4.78, 5) is 31.9. The molecule has 38 heavy (non-hydrogen) atoms. The Kier molecular flexibility index (Phi) is 6.86. The first kappa shape index (κ1) is 25.8. The average Bonchev–Trinajstić information content (AvgIpc) is 3.54. The van der Waals surface area contributed by atoms with Crippen LogP contribution in [0.1, 0.15) is 67.3 Å². The van der Waals surface area contributed by atoms with Gasteiger partial charge < -0.3 is 10.2 Å². The predicted molar refractivity (Wildman–Crippen MR) is 133 cm³/mol. The first-order chi connectivity index (χ1) is 18.1. The quantitative estimate of drug-likeness (QED) is 0.405. The van der Waals surface area contributed by atoms with Crippen molar-refractivity contribution in [2.45, 2.75) is 45.3 Å². The van der Waals surface area contributed by atoms with Crippen LogP contribution in [0.3, 0.4) is 0 Å². The molecular weight excluding hydrogens is 519 g/mol. The van der Waals surface area contributed by atoms with Crippen LogP contribution in [0.2, 0.25) is 0 Å². The van der Waals surface area contributed by atoms with Crippen molar-refractivity contribution in [1.29, 1.82) is 0 Å². The molecule has 4 heterocycles. The van der Waals surface area contributed by atoms with Crippen LogP contribution < -0.4 is 5.32 Å². The highest BCUT2D eigenvalue weighted by atomic mass is 32.1. The number of likely N-dealkylation sites (tertiary alicyclic amines) is 1. The van der Waals surface area contributed by atoms with Gasteiger partial charge in [0.1, 0.15) is 5.69 Å². The smallest absolute Gasteiger partial charge is 0.347 e. The third-order valence-corrected chi connectivity index (χ3v) is 7.58. The number of thiazole rings is 1. The molecule has 4 aromatic rings. The number of hydrogen-bond donors (Lipinski definition) is 1. The molecule has 0 spiro atoms. The fourth-order valence-corrected chi connectivity index (χ4v) is 5.52. The van der Waals surface area contributed by atoms with Crippen LogP contribution in [0.5, 0.6) is 0 Å². The lowest BCUT2D eigenvalue weighted by molar-refractivity contribution is -0.138. The Labute approximate surface area is 219 Å². The van der Waals surface area contributed by atoms with E-state index in [-0.39, 0.29) is 35.3 Å². The van der Waals surface area contributed by atoms with Gasteiger partial charge in [-0.05, 0) is 38.3 Å². The van der Waals surface area contributed by atoms with Crippen LogP contribution >= 0.6 is 11.3 Å². The van der Waals surface area contributed by atoms with Crippen molar-refractivity contribution in [3.63, 3.8) is 0 Å². The second kappa shape index (κ2) is 10.1. The third-order valence-electron chi connectivity index (χ3n) is 6.58. The summed E-state index contributed by atoms with van der Waals surface area (Å²) in [6.07, 6.45) is -3.18. The molecule has 0 atom stereocenters. The zero-order valence-electron chi connectivity index (χ0n) is 20.6. The van der Waals surface area contributed by atoms with Crippen LogP contribution in [0, 0.1) is 13.8 Å². The number of carbonyl (C=O) groups excluding carboxylic acids is 2. The number of carbonyl (C=O) groups is 2. The molecular formula is C25H24F3N7O2S. The van der Waals surface area contributed by atoms with Crippen LogP contribution in [0.15, 0.2) is 35.7 Å². The minimum atomic E-state index is -4.50. The van der Waals surface area contributed by atoms with Crippen molar-refractivity contribution in [2.75, 3.05) is 13.1 Å². The molecule has 1 N–H and O–H groups in total. The summed E-state index contributed by atoms with van der Waals surface area (Å²) < 4.78 is 41.2. The fraction of sp³-hybridized carbons (Fsp3) is 0.360. The average molecular weight is 544 g/mol. The summed E-state index contributed by atoms with van der Waals surface area (Å²) >= 11 is 1.34. The summed E-state index contributed by atoms with van der Waals surface area (Å²) in [5.74, 6) is -0.669. The van der Waals surface area contributed by atoms with Gasteiger partial charge in [-0.1, -0.05) is 18.2 Å². The van der Waals surface area contributed by atoms with Crippen molar-refractivity contribution < 1.29 is 22.8 Å². The van der Waals surface area contributed by atoms with Gasteiger partial charge in [-0.2, -0.15) is 18.3 Å². The van der Waals surface area contributed by atoms with E-state index in [0.717, 1.165) is 16.8 Å². The summed E-state index contributed by atoms with van der Waals surface area (Å²) in [7, 11) is 0. The van der Waals surface area contributed by atoms with Gasteiger partial charge in [-0.25, -0.2) is 9.50 Å². The first-order valence-electron chi connectivity index (χ1n) is 12.0. The lowest BCUT2D eigenvalue weighted by atomic mass is 9.97. The highest BCUT2D eigenvalue weighted by Crippen LogP contribution is 2.33. The van der Waals surface area contributed by atoms with Gasteiger partial charge in [-0.3, -0.25) is 9.59 Å². The molecule has 9 nitrogen and oxygen atoms in total. The molecule has 1 aliphatic rings. The number of aromatic nitrogens is 5. The largest absolute Gasteiger partial charge is 0.416 e. The molecule has 0 saturated carbocycles. The van der Waals surface area contributed by atoms with Crippen molar-refractivity contribution >= 4 is 28.8 Å². The Morgan fingerprint density at radius 1 is 1.13 bits per heavy atom. The molecule has 5 rings (SSSR count). The summed E-state index contributed by atoms with van der Waals surface area (Å²) in [6, 6.07) is 6.94. The Morgan fingerprint density at radius 3 is 2.61 bits per heavy atom. The molecule has 1 aliphatic heterocycles. The second-order valence-electron chi connectivity index (χ2n) is 9.16. The van der Waals surface area contributed by atoms with Crippen molar-refractivity contribution in [2.24, 2.45) is 0 Å². The van der Waals surface area contributed by atoms with E-state index in [9.17, 15) is 22.8 Å². The Bertz CT molecular complexity index is 1510. The van der Waals surface area contributed by atoms with Crippen LogP contribution in [0.4, 0.5) is 13.2 Å². The monoisotopic (exact) mass is 543 g/mol. The zero-order valence-corrected chi connectivity index (χ0v) is 21.4. The zero-order chi connectivity index (χ0) is 27.0. The maximum atomic E-state index is 13.2. The Hall–Kier alpha value is -3.87. The number of alkyl halides is 3. The molecule has 1 aromatic carbocycles. The van der Waals surface area contributed by atoms with Gasteiger partial charge in [0.2, 0.25) is 0 Å². The maximum absolute atomic E-state index is 13.2. The number of nitrogens with one attached hydrogen (secondary N) is 1. The number of fused-ring (bicyclic) bond motifs is 1. The Balaban J connectivity index is 1.19. The van der Waals surface area contributed by atoms with E-state index in [4.69, 9.17) is 0 Å². The minimum absolute atomic E-state index is 0.0115. The molecule has 0 bridgehead atoms. The first-order valence-corrected chi connectivity index (χ1v) is 12.9. The SMILES string of the molecule is Cc1cc2nnc(C(=O)N3CCC(c4nc(C(=O)NCc5ccccc5C(F)(F)F)cs4)CC3)c(C)n2n1. The van der Waals surface area contributed by atoms with E-state index in [1.54, 1.807) is 27.8 Å². The molecule has 13 heteroatoms. The molecule has 0 aliphatic carbocycles. The van der Waals surface area contributed by atoms with E-state index in [1.165, 1.54) is 29.5 Å². The summed E-state index contributed by atoms with van der Waals surface area (Å²) in [5.41, 5.74) is 1.65. The van der Waals surface area contributed by atoms with E-state index in [1.807, 2.05) is 6.92 Å². The number of piperidine rings is 1. The normalized spacial score (nSPS) is 14.7. The molecule has 0 radical (unpaired) electrons. The van der Waals surface area contributed by atoms with Gasteiger partial charge in [-0.15, -0.1) is 21.5 Å². The lowest BCUT2D eigenvalue weighted by Crippen LogP contribution is -2.39. The van der Waals surface area contributed by atoms with Gasteiger partial charge in [0.05, 0.1) is 22.0 Å². The molecule has 1 saturated heterocycles. The number of amides is 2. The van der Waals surface area contributed by atoms with Crippen molar-refractivity contribution in [3.05, 3.63) is 74.6 Å². The number of nitrogens with zero attached hydrogens (tertiary/aromatic N) is 6. The third kappa shape index (κ3) is 5.10. The highest BCUT2D eigenvalue weighted by molar-refractivity contribution is 7.09. The topological polar surface area (TPSA) is 105 Å². The van der Waals surface area contributed by atoms with Gasteiger partial charge in [0, 0.05) is 37.0 Å². The number of rotatable bonds is 5. The van der Waals surface area contributed by atoms with Crippen molar-refractivity contribution in [1.82, 2.24) is 35.0 Å². The molecule has 2 amide bonds. The minimum Gasteiger partial charge on any atom is -0.347 e. The van der Waals surface area contributed by atoms with Gasteiger partial charge in [0.15, 0.2) is 11.3 Å². The Morgan fingerprint density at radius 2 is 1.87 bits per heavy atom. The van der Waals surface area contributed by atoms with Crippen LogP contribution in [-0.2, 0) is 12.7 Å². The van der Waals surface area contributed by atoms with Crippen LogP contribution in [0.25, 0.3) is 5.65 Å². The van der Waals surface area contributed by atoms with E-state index < -0.39 is 17.6 Å². The molecule has 3 aromatic heterocycles. The lowest BCUT2D eigenvalue weighted by Gasteiger charge is -2.31. The predicted octanol–water partition coefficient (Wildman–Crippen LogP) is 4.17. The van der Waals surface area contributed by atoms with Gasteiger partial charge >= 0.3 is 6.18 Å². The fourth-order valence-electron chi connectivity index (χ4n) is 4.55. The molecule has 1 fully saturated rings. The van der Waals surface area contributed by atoms with E-state index >= 15 is 0 Å². The number of benzene rings is 1. The highest BCUT2D eigenvalue weighted by Gasteiger charge is 2.33. The van der Waals surface area contributed by atoms with E-state index in [0.29, 0.717) is 37.3 Å². The number of aryl methyl sites for hydroxylation is 2.